The van der Waals surface area contributed by atoms with Gasteiger partial charge in [-0.1, -0.05) is 29.8 Å². The van der Waals surface area contributed by atoms with E-state index in [2.05, 4.69) is 15.5 Å². The van der Waals surface area contributed by atoms with Crippen LogP contribution in [0.4, 0.5) is 5.69 Å². The Morgan fingerprint density at radius 1 is 1.13 bits per heavy atom. The van der Waals surface area contributed by atoms with Gasteiger partial charge in [0, 0.05) is 5.56 Å². The third-order valence-electron chi connectivity index (χ3n) is 3.21. The number of hydrogen-bond donors (Lipinski definition) is 1. The summed E-state index contributed by atoms with van der Waals surface area (Å²) in [4.78, 5) is 12.2. The Kier molecular flexibility index (Phi) is 3.85. The molecule has 3 aromatic rings. The molecule has 0 atom stereocenters. The van der Waals surface area contributed by atoms with Crippen LogP contribution in [0.25, 0.3) is 11.5 Å². The second-order valence-electron chi connectivity index (χ2n) is 4.89. The second kappa shape index (κ2) is 6.12. The Morgan fingerprint density at radius 3 is 2.61 bits per heavy atom. The molecular formula is C17H12N4O2. The fourth-order valence-electron chi connectivity index (χ4n) is 1.99. The van der Waals surface area contributed by atoms with Crippen molar-refractivity contribution >= 4 is 11.6 Å². The first-order chi connectivity index (χ1) is 11.2. The van der Waals surface area contributed by atoms with Gasteiger partial charge in [0.05, 0.1) is 11.3 Å². The van der Waals surface area contributed by atoms with Crippen LogP contribution in [0, 0.1) is 18.3 Å². The van der Waals surface area contributed by atoms with Gasteiger partial charge in [-0.3, -0.25) is 4.79 Å². The first-order valence-electron chi connectivity index (χ1n) is 6.88. The lowest BCUT2D eigenvalue weighted by Gasteiger charge is -2.03. The van der Waals surface area contributed by atoms with E-state index in [1.807, 2.05) is 37.3 Å². The monoisotopic (exact) mass is 304 g/mol. The highest BCUT2D eigenvalue weighted by atomic mass is 16.4. The van der Waals surface area contributed by atoms with Crippen LogP contribution in [0.3, 0.4) is 0 Å². The van der Waals surface area contributed by atoms with Gasteiger partial charge in [0.2, 0.25) is 5.89 Å². The van der Waals surface area contributed by atoms with Gasteiger partial charge >= 0.3 is 11.8 Å². The van der Waals surface area contributed by atoms with Gasteiger partial charge in [-0.2, -0.15) is 5.26 Å². The van der Waals surface area contributed by atoms with Gasteiger partial charge in [0.15, 0.2) is 0 Å². The molecule has 1 N–H and O–H groups in total. The van der Waals surface area contributed by atoms with Gasteiger partial charge in [-0.15, -0.1) is 10.2 Å². The number of para-hydroxylation sites is 1. The van der Waals surface area contributed by atoms with Crippen molar-refractivity contribution in [3.05, 3.63) is 65.5 Å². The fourth-order valence-corrected chi connectivity index (χ4v) is 1.99. The zero-order valence-electron chi connectivity index (χ0n) is 12.3. The number of aromatic nitrogens is 2. The molecule has 1 aromatic heterocycles. The van der Waals surface area contributed by atoms with Crippen molar-refractivity contribution in [2.45, 2.75) is 6.92 Å². The number of aryl methyl sites for hydroxylation is 1. The maximum Gasteiger partial charge on any atom is 0.313 e. The number of rotatable bonds is 3. The summed E-state index contributed by atoms with van der Waals surface area (Å²) in [5.74, 6) is -0.449. The Hall–Kier alpha value is -3.46. The lowest BCUT2D eigenvalue weighted by Crippen LogP contribution is -2.13. The van der Waals surface area contributed by atoms with E-state index in [4.69, 9.17) is 9.68 Å². The van der Waals surface area contributed by atoms with E-state index < -0.39 is 5.91 Å². The number of nitriles is 1. The second-order valence-corrected chi connectivity index (χ2v) is 4.89. The van der Waals surface area contributed by atoms with Crippen LogP contribution < -0.4 is 5.32 Å². The lowest BCUT2D eigenvalue weighted by molar-refractivity contribution is 0.0991. The molecule has 2 aromatic carbocycles. The number of carbonyl (C=O) groups excluding carboxylic acids is 1. The van der Waals surface area contributed by atoms with E-state index >= 15 is 0 Å². The van der Waals surface area contributed by atoms with E-state index in [1.54, 1.807) is 24.3 Å². The van der Waals surface area contributed by atoms with Crippen molar-refractivity contribution in [3.8, 4) is 17.5 Å². The number of nitrogens with zero attached hydrogens (tertiary/aromatic N) is 3. The maximum atomic E-state index is 12.2. The van der Waals surface area contributed by atoms with Crippen molar-refractivity contribution in [1.82, 2.24) is 10.2 Å². The SMILES string of the molecule is Cc1ccc(-c2nnc(C(=O)Nc3ccccc3C#N)o2)cc1. The summed E-state index contributed by atoms with van der Waals surface area (Å²) in [5.41, 5.74) is 2.60. The third kappa shape index (κ3) is 3.09. The van der Waals surface area contributed by atoms with Gasteiger partial charge in [-0.25, -0.2) is 0 Å². The molecule has 1 amide bonds. The summed E-state index contributed by atoms with van der Waals surface area (Å²) in [6.45, 7) is 1.98. The molecule has 0 fully saturated rings. The smallest absolute Gasteiger partial charge is 0.313 e. The molecule has 0 spiro atoms. The number of benzene rings is 2. The van der Waals surface area contributed by atoms with Crippen LogP contribution >= 0.6 is 0 Å². The number of hydrogen-bond acceptors (Lipinski definition) is 5. The van der Waals surface area contributed by atoms with Crippen molar-refractivity contribution in [3.63, 3.8) is 0 Å². The molecule has 3 rings (SSSR count). The highest BCUT2D eigenvalue weighted by Crippen LogP contribution is 2.19. The Labute approximate surface area is 132 Å². The zero-order chi connectivity index (χ0) is 16.2. The number of carbonyl (C=O) groups is 1. The fraction of sp³-hybridized carbons (Fsp3) is 0.0588. The molecule has 0 saturated carbocycles. The normalized spacial score (nSPS) is 10.1. The minimum Gasteiger partial charge on any atom is -0.412 e. The minimum absolute atomic E-state index is 0.159. The van der Waals surface area contributed by atoms with Gasteiger partial charge < -0.3 is 9.73 Å². The molecule has 0 unspecified atom stereocenters. The largest absolute Gasteiger partial charge is 0.412 e. The first kappa shape index (κ1) is 14.5. The Bertz CT molecular complexity index is 891. The van der Waals surface area contributed by atoms with Crippen LogP contribution in [0.1, 0.15) is 21.8 Å². The molecule has 6 nitrogen and oxygen atoms in total. The van der Waals surface area contributed by atoms with E-state index in [-0.39, 0.29) is 11.8 Å². The number of nitrogens with one attached hydrogen (secondary N) is 1. The van der Waals surface area contributed by atoms with E-state index in [0.717, 1.165) is 11.1 Å². The molecule has 0 saturated heterocycles. The molecule has 23 heavy (non-hydrogen) atoms. The van der Waals surface area contributed by atoms with Gasteiger partial charge in [-0.05, 0) is 31.2 Å². The molecule has 0 bridgehead atoms. The lowest BCUT2D eigenvalue weighted by atomic mass is 10.1. The summed E-state index contributed by atoms with van der Waals surface area (Å²) >= 11 is 0. The van der Waals surface area contributed by atoms with Crippen molar-refractivity contribution in [2.75, 3.05) is 5.32 Å². The van der Waals surface area contributed by atoms with Crippen molar-refractivity contribution in [1.29, 1.82) is 5.26 Å². The topological polar surface area (TPSA) is 91.8 Å². The predicted octanol–water partition coefficient (Wildman–Crippen LogP) is 3.17. The molecule has 0 radical (unpaired) electrons. The predicted molar refractivity (Wildman–Crippen MR) is 83.6 cm³/mol. The Morgan fingerprint density at radius 2 is 1.87 bits per heavy atom. The molecule has 0 aliphatic rings. The highest BCUT2D eigenvalue weighted by Gasteiger charge is 2.17. The molecule has 0 aliphatic carbocycles. The average Bonchev–Trinajstić information content (AvgIpc) is 3.06. The van der Waals surface area contributed by atoms with Crippen LogP contribution in [0.15, 0.2) is 52.9 Å². The molecular weight excluding hydrogens is 292 g/mol. The minimum atomic E-state index is -0.557. The third-order valence-corrected chi connectivity index (χ3v) is 3.21. The average molecular weight is 304 g/mol. The standard InChI is InChI=1S/C17H12N4O2/c1-11-6-8-12(9-7-11)16-20-21-17(23-16)15(22)19-14-5-3-2-4-13(14)10-18/h2-9H,1H3,(H,19,22). The molecule has 0 aliphatic heterocycles. The Balaban J connectivity index is 1.81. The maximum absolute atomic E-state index is 12.2. The zero-order valence-corrected chi connectivity index (χ0v) is 12.3. The summed E-state index contributed by atoms with van der Waals surface area (Å²) in [7, 11) is 0. The van der Waals surface area contributed by atoms with E-state index in [0.29, 0.717) is 11.3 Å². The van der Waals surface area contributed by atoms with Crippen molar-refractivity contribution < 1.29 is 9.21 Å². The van der Waals surface area contributed by atoms with Crippen molar-refractivity contribution in [2.24, 2.45) is 0 Å². The summed E-state index contributed by atoms with van der Waals surface area (Å²) < 4.78 is 5.40. The van der Waals surface area contributed by atoms with Gasteiger partial charge in [0.25, 0.3) is 0 Å². The summed E-state index contributed by atoms with van der Waals surface area (Å²) in [5, 5.41) is 19.3. The summed E-state index contributed by atoms with van der Waals surface area (Å²) in [6, 6.07) is 16.2. The van der Waals surface area contributed by atoms with Crippen LogP contribution in [-0.2, 0) is 0 Å². The molecule has 6 heteroatoms. The molecule has 112 valence electrons. The number of amides is 1. The highest BCUT2D eigenvalue weighted by molar-refractivity contribution is 6.01. The van der Waals surface area contributed by atoms with Crippen LogP contribution in [0.2, 0.25) is 0 Å². The van der Waals surface area contributed by atoms with Gasteiger partial charge in [0.1, 0.15) is 6.07 Å². The van der Waals surface area contributed by atoms with Crippen LogP contribution in [0.5, 0.6) is 0 Å². The first-order valence-corrected chi connectivity index (χ1v) is 6.88. The van der Waals surface area contributed by atoms with E-state index in [1.165, 1.54) is 0 Å². The number of anilines is 1. The quantitative estimate of drug-likeness (QED) is 0.802. The summed E-state index contributed by atoms with van der Waals surface area (Å²) in [6.07, 6.45) is 0. The van der Waals surface area contributed by atoms with Crippen LogP contribution in [-0.4, -0.2) is 16.1 Å². The van der Waals surface area contributed by atoms with E-state index in [9.17, 15) is 4.79 Å². The molecule has 1 heterocycles.